The second-order valence-corrected chi connectivity index (χ2v) is 2.70. The Morgan fingerprint density at radius 3 is 2.83 bits per heavy atom. The van der Waals surface area contributed by atoms with E-state index in [4.69, 9.17) is 0 Å². The Morgan fingerprint density at radius 1 is 1.58 bits per heavy atom. The molecule has 0 aliphatic carbocycles. The number of rotatable bonds is 2. The van der Waals surface area contributed by atoms with Gasteiger partial charge in [-0.2, -0.15) is 0 Å². The summed E-state index contributed by atoms with van der Waals surface area (Å²) in [6.07, 6.45) is 11.2. The summed E-state index contributed by atoms with van der Waals surface area (Å²) in [5.41, 5.74) is 2.33. The highest BCUT2D eigenvalue weighted by atomic mass is 15.1. The molecule has 0 bridgehead atoms. The van der Waals surface area contributed by atoms with E-state index in [2.05, 4.69) is 31.4 Å². The van der Waals surface area contributed by atoms with Gasteiger partial charge in [-0.05, 0) is 25.5 Å². The maximum absolute atomic E-state index is 3.96. The van der Waals surface area contributed by atoms with Crippen LogP contribution in [0.15, 0.2) is 48.5 Å². The molecule has 0 radical (unpaired) electrons. The van der Waals surface area contributed by atoms with E-state index in [1.807, 2.05) is 24.4 Å². The molecule has 1 heterocycles. The first-order valence-electron chi connectivity index (χ1n) is 4.27. The molecule has 1 rings (SSSR count). The minimum Gasteiger partial charge on any atom is -0.322 e. The van der Waals surface area contributed by atoms with Crippen molar-refractivity contribution < 1.29 is 0 Å². The largest absolute Gasteiger partial charge is 0.322 e. The second kappa shape index (κ2) is 3.96. The summed E-state index contributed by atoms with van der Waals surface area (Å²) in [6.45, 7) is 8.16. The first kappa shape index (κ1) is 8.85. The monoisotopic (exact) mass is 161 g/mol. The van der Waals surface area contributed by atoms with Crippen molar-refractivity contribution in [1.29, 1.82) is 0 Å². The molecule has 0 aromatic carbocycles. The highest BCUT2D eigenvalue weighted by Crippen LogP contribution is 2.18. The highest BCUT2D eigenvalue weighted by molar-refractivity contribution is 5.30. The maximum Gasteiger partial charge on any atom is 0.0380 e. The van der Waals surface area contributed by atoms with E-state index in [1.54, 1.807) is 0 Å². The molecule has 0 fully saturated rings. The van der Waals surface area contributed by atoms with Gasteiger partial charge in [0.15, 0.2) is 0 Å². The Labute approximate surface area is 74.4 Å². The SMILES string of the molecule is C=C1C=CC=CN1/C(=C\C)CC. The number of allylic oxidation sites excluding steroid dienone is 5. The van der Waals surface area contributed by atoms with Gasteiger partial charge in [-0.15, -0.1) is 0 Å². The smallest absolute Gasteiger partial charge is 0.0380 e. The molecule has 0 saturated carbocycles. The lowest BCUT2D eigenvalue weighted by Gasteiger charge is -2.24. The zero-order chi connectivity index (χ0) is 8.97. The Balaban J connectivity index is 2.82. The zero-order valence-corrected chi connectivity index (χ0v) is 7.75. The van der Waals surface area contributed by atoms with Crippen LogP contribution in [0.25, 0.3) is 0 Å². The Morgan fingerprint density at radius 2 is 2.33 bits per heavy atom. The van der Waals surface area contributed by atoms with Crippen LogP contribution in [0.1, 0.15) is 20.3 Å². The van der Waals surface area contributed by atoms with Crippen molar-refractivity contribution in [3.8, 4) is 0 Å². The molecular weight excluding hydrogens is 146 g/mol. The summed E-state index contributed by atoms with van der Waals surface area (Å²) in [4.78, 5) is 2.11. The van der Waals surface area contributed by atoms with Crippen LogP contribution in [0.2, 0.25) is 0 Å². The van der Waals surface area contributed by atoms with Gasteiger partial charge < -0.3 is 4.90 Å². The van der Waals surface area contributed by atoms with Crippen molar-refractivity contribution in [1.82, 2.24) is 4.90 Å². The van der Waals surface area contributed by atoms with E-state index in [-0.39, 0.29) is 0 Å². The van der Waals surface area contributed by atoms with E-state index in [0.717, 1.165) is 12.1 Å². The minimum atomic E-state index is 1.03. The summed E-state index contributed by atoms with van der Waals surface area (Å²) in [5.74, 6) is 0. The van der Waals surface area contributed by atoms with E-state index in [0.29, 0.717) is 0 Å². The summed E-state index contributed by atoms with van der Waals surface area (Å²) in [5, 5.41) is 0. The van der Waals surface area contributed by atoms with Gasteiger partial charge in [-0.3, -0.25) is 0 Å². The van der Waals surface area contributed by atoms with Crippen LogP contribution in [-0.2, 0) is 0 Å². The lowest BCUT2D eigenvalue weighted by Crippen LogP contribution is -2.14. The standard InChI is InChI=1S/C11H15N/c1-4-11(5-2)12-9-7-6-8-10(12)3/h4,6-9H,3,5H2,1-2H3/b11-4-. The summed E-state index contributed by atoms with van der Waals surface area (Å²) in [7, 11) is 0. The molecule has 1 nitrogen and oxygen atoms in total. The fraction of sp³-hybridized carbons (Fsp3) is 0.273. The number of hydrogen-bond acceptors (Lipinski definition) is 1. The third-order valence-corrected chi connectivity index (χ3v) is 1.95. The van der Waals surface area contributed by atoms with Crippen LogP contribution in [0, 0.1) is 0 Å². The molecular formula is C11H15N. The molecule has 1 heteroatoms. The van der Waals surface area contributed by atoms with Gasteiger partial charge >= 0.3 is 0 Å². The van der Waals surface area contributed by atoms with Crippen molar-refractivity contribution in [3.63, 3.8) is 0 Å². The molecule has 0 spiro atoms. The highest BCUT2D eigenvalue weighted by Gasteiger charge is 2.06. The number of nitrogens with zero attached hydrogens (tertiary/aromatic N) is 1. The molecule has 0 N–H and O–H groups in total. The molecule has 0 saturated heterocycles. The Bertz CT molecular complexity index is 256. The molecule has 0 unspecified atom stereocenters. The molecule has 64 valence electrons. The van der Waals surface area contributed by atoms with Crippen LogP contribution < -0.4 is 0 Å². The average molecular weight is 161 g/mol. The minimum absolute atomic E-state index is 1.03. The normalized spacial score (nSPS) is 17.3. The van der Waals surface area contributed by atoms with Gasteiger partial charge in [-0.1, -0.05) is 25.7 Å². The van der Waals surface area contributed by atoms with Crippen molar-refractivity contribution in [2.24, 2.45) is 0 Å². The van der Waals surface area contributed by atoms with E-state index < -0.39 is 0 Å². The maximum atomic E-state index is 3.96. The molecule has 1 aliphatic rings. The topological polar surface area (TPSA) is 3.24 Å². The van der Waals surface area contributed by atoms with E-state index >= 15 is 0 Å². The van der Waals surface area contributed by atoms with E-state index in [1.165, 1.54) is 5.70 Å². The average Bonchev–Trinajstić information content (AvgIpc) is 2.10. The fourth-order valence-electron chi connectivity index (χ4n) is 1.27. The predicted octanol–water partition coefficient (Wildman–Crippen LogP) is 3.20. The fourth-order valence-corrected chi connectivity index (χ4v) is 1.27. The number of hydrogen-bond donors (Lipinski definition) is 0. The van der Waals surface area contributed by atoms with Crippen LogP contribution in [0.3, 0.4) is 0 Å². The van der Waals surface area contributed by atoms with Gasteiger partial charge in [0.2, 0.25) is 0 Å². The molecule has 1 aliphatic heterocycles. The molecule has 0 aromatic heterocycles. The van der Waals surface area contributed by atoms with Gasteiger partial charge in [0.1, 0.15) is 0 Å². The lowest BCUT2D eigenvalue weighted by molar-refractivity contribution is 0.566. The van der Waals surface area contributed by atoms with Crippen LogP contribution in [0.4, 0.5) is 0 Å². The quantitative estimate of drug-likeness (QED) is 0.601. The van der Waals surface area contributed by atoms with Gasteiger partial charge in [0.25, 0.3) is 0 Å². The van der Waals surface area contributed by atoms with Gasteiger partial charge in [0, 0.05) is 17.6 Å². The van der Waals surface area contributed by atoms with E-state index in [9.17, 15) is 0 Å². The first-order valence-corrected chi connectivity index (χ1v) is 4.27. The zero-order valence-electron chi connectivity index (χ0n) is 7.75. The van der Waals surface area contributed by atoms with Crippen molar-refractivity contribution in [3.05, 3.63) is 48.5 Å². The van der Waals surface area contributed by atoms with Gasteiger partial charge in [-0.25, -0.2) is 0 Å². The summed E-state index contributed by atoms with van der Waals surface area (Å²) in [6, 6.07) is 0. The van der Waals surface area contributed by atoms with Gasteiger partial charge in [0.05, 0.1) is 0 Å². The molecule has 12 heavy (non-hydrogen) atoms. The predicted molar refractivity (Wildman–Crippen MR) is 53.3 cm³/mol. The van der Waals surface area contributed by atoms with Crippen LogP contribution in [-0.4, -0.2) is 4.90 Å². The summed E-state index contributed by atoms with van der Waals surface area (Å²) >= 11 is 0. The third kappa shape index (κ3) is 1.67. The Kier molecular flexibility index (Phi) is 2.92. The van der Waals surface area contributed by atoms with Crippen molar-refractivity contribution >= 4 is 0 Å². The molecule has 0 atom stereocenters. The van der Waals surface area contributed by atoms with Crippen LogP contribution in [0.5, 0.6) is 0 Å². The van der Waals surface area contributed by atoms with Crippen molar-refractivity contribution in [2.75, 3.05) is 0 Å². The lowest BCUT2D eigenvalue weighted by atomic mass is 10.2. The molecule has 0 aromatic rings. The van der Waals surface area contributed by atoms with Crippen LogP contribution >= 0.6 is 0 Å². The Hall–Kier alpha value is -1.24. The first-order chi connectivity index (χ1) is 5.79. The van der Waals surface area contributed by atoms with Crippen molar-refractivity contribution in [2.45, 2.75) is 20.3 Å². The molecule has 0 amide bonds. The summed E-state index contributed by atoms with van der Waals surface area (Å²) < 4.78 is 0. The second-order valence-electron chi connectivity index (χ2n) is 2.70. The third-order valence-electron chi connectivity index (χ3n) is 1.95.